The van der Waals surface area contributed by atoms with E-state index in [9.17, 15) is 10.1 Å². The first kappa shape index (κ1) is 15.2. The summed E-state index contributed by atoms with van der Waals surface area (Å²) >= 11 is 1.32. The van der Waals surface area contributed by atoms with Gasteiger partial charge in [0, 0.05) is 23.3 Å². The highest BCUT2D eigenvalue weighted by Crippen LogP contribution is 2.28. The summed E-state index contributed by atoms with van der Waals surface area (Å²) in [6.07, 6.45) is 3.46. The number of rotatable bonds is 4. The number of carbonyl (C=O) groups is 1. The van der Waals surface area contributed by atoms with Gasteiger partial charge < -0.3 is 4.40 Å². The molecule has 3 heterocycles. The topological polar surface area (TPSA) is 71.0 Å². The summed E-state index contributed by atoms with van der Waals surface area (Å²) in [5, 5.41) is 11.9. The lowest BCUT2D eigenvalue weighted by molar-refractivity contribution is 0.0974. The summed E-state index contributed by atoms with van der Waals surface area (Å²) < 4.78 is 1.76. The molecule has 3 aromatic heterocycles. The van der Waals surface area contributed by atoms with Gasteiger partial charge in [-0.1, -0.05) is 36.4 Å². The largest absolute Gasteiger partial charge is 0.306 e. The van der Waals surface area contributed by atoms with E-state index in [1.165, 1.54) is 11.3 Å². The number of nitriles is 1. The SMILES string of the molecule is N#CC(C(=O)c1cn2ccccc2n1)c1nc(-c2ccccc2)cs1. The van der Waals surface area contributed by atoms with Crippen molar-refractivity contribution in [3.8, 4) is 17.3 Å². The van der Waals surface area contributed by atoms with Gasteiger partial charge in [-0.05, 0) is 12.1 Å². The first-order valence-corrected chi connectivity index (χ1v) is 8.52. The van der Waals surface area contributed by atoms with Crippen molar-refractivity contribution in [2.45, 2.75) is 5.92 Å². The molecule has 0 radical (unpaired) electrons. The monoisotopic (exact) mass is 344 g/mol. The lowest BCUT2D eigenvalue weighted by atomic mass is 10.0. The van der Waals surface area contributed by atoms with Gasteiger partial charge in [-0.2, -0.15) is 5.26 Å². The Balaban J connectivity index is 1.67. The number of thiazole rings is 1. The van der Waals surface area contributed by atoms with Crippen LogP contribution in [0.4, 0.5) is 0 Å². The number of fused-ring (bicyclic) bond motifs is 1. The zero-order valence-electron chi connectivity index (χ0n) is 13.0. The zero-order chi connectivity index (χ0) is 17.2. The fourth-order valence-electron chi connectivity index (χ4n) is 2.59. The Morgan fingerprint density at radius 2 is 1.92 bits per heavy atom. The maximum atomic E-state index is 12.8. The maximum Gasteiger partial charge on any atom is 0.206 e. The Kier molecular flexibility index (Phi) is 3.84. The summed E-state index contributed by atoms with van der Waals surface area (Å²) in [6, 6.07) is 17.3. The van der Waals surface area contributed by atoms with Crippen LogP contribution < -0.4 is 0 Å². The number of hydrogen-bond acceptors (Lipinski definition) is 5. The van der Waals surface area contributed by atoms with Crippen LogP contribution in [0.25, 0.3) is 16.9 Å². The second-order valence-electron chi connectivity index (χ2n) is 5.46. The molecule has 0 saturated carbocycles. The van der Waals surface area contributed by atoms with Crippen LogP contribution in [0.1, 0.15) is 21.4 Å². The second kappa shape index (κ2) is 6.30. The molecule has 0 aliphatic carbocycles. The van der Waals surface area contributed by atoms with E-state index in [1.807, 2.05) is 60.1 Å². The van der Waals surface area contributed by atoms with E-state index < -0.39 is 5.92 Å². The van der Waals surface area contributed by atoms with Crippen LogP contribution in [0.5, 0.6) is 0 Å². The first-order chi connectivity index (χ1) is 12.3. The molecule has 5 nitrogen and oxygen atoms in total. The molecule has 0 aliphatic heterocycles. The molecule has 4 aromatic rings. The van der Waals surface area contributed by atoms with Crippen molar-refractivity contribution in [2.24, 2.45) is 0 Å². The molecule has 1 atom stereocenters. The van der Waals surface area contributed by atoms with E-state index in [0.717, 1.165) is 11.3 Å². The molecular weight excluding hydrogens is 332 g/mol. The third-order valence-corrected chi connectivity index (χ3v) is 4.76. The van der Waals surface area contributed by atoms with Gasteiger partial charge >= 0.3 is 0 Å². The van der Waals surface area contributed by atoms with Gasteiger partial charge in [-0.15, -0.1) is 11.3 Å². The highest BCUT2D eigenvalue weighted by molar-refractivity contribution is 7.10. The van der Waals surface area contributed by atoms with E-state index >= 15 is 0 Å². The lowest BCUT2D eigenvalue weighted by Crippen LogP contribution is -2.11. The molecule has 0 bridgehead atoms. The third kappa shape index (κ3) is 2.82. The number of Topliss-reactive ketones (excluding diaryl/α,β-unsaturated/α-hetero) is 1. The molecule has 0 amide bonds. The molecule has 0 fully saturated rings. The Morgan fingerprint density at radius 1 is 1.12 bits per heavy atom. The van der Waals surface area contributed by atoms with E-state index in [0.29, 0.717) is 10.7 Å². The van der Waals surface area contributed by atoms with Gasteiger partial charge in [0.15, 0.2) is 5.92 Å². The van der Waals surface area contributed by atoms with Gasteiger partial charge in [0.05, 0.1) is 11.8 Å². The molecule has 0 saturated heterocycles. The number of ketones is 1. The Labute approximate surface area is 147 Å². The van der Waals surface area contributed by atoms with Gasteiger partial charge in [-0.25, -0.2) is 9.97 Å². The molecule has 25 heavy (non-hydrogen) atoms. The highest BCUT2D eigenvalue weighted by atomic mass is 32.1. The summed E-state index contributed by atoms with van der Waals surface area (Å²) in [5.74, 6) is -1.28. The average Bonchev–Trinajstić information content (AvgIpc) is 3.30. The first-order valence-electron chi connectivity index (χ1n) is 7.64. The van der Waals surface area contributed by atoms with Crippen LogP contribution in [0.2, 0.25) is 0 Å². The number of nitrogens with zero attached hydrogens (tertiary/aromatic N) is 4. The van der Waals surface area contributed by atoms with Crippen LogP contribution in [0.15, 0.2) is 66.3 Å². The summed E-state index contributed by atoms with van der Waals surface area (Å²) in [7, 11) is 0. The minimum atomic E-state index is -0.952. The number of imidazole rings is 1. The molecule has 0 spiro atoms. The van der Waals surface area contributed by atoms with Gasteiger partial charge in [0.2, 0.25) is 5.78 Å². The number of pyridine rings is 1. The summed E-state index contributed by atoms with van der Waals surface area (Å²) in [5.41, 5.74) is 2.67. The van der Waals surface area contributed by atoms with Gasteiger partial charge in [-0.3, -0.25) is 4.79 Å². The van der Waals surface area contributed by atoms with Gasteiger partial charge in [0.25, 0.3) is 0 Å². The van der Waals surface area contributed by atoms with E-state index in [1.54, 1.807) is 10.6 Å². The van der Waals surface area contributed by atoms with Crippen LogP contribution in [-0.4, -0.2) is 20.2 Å². The maximum absolute atomic E-state index is 12.8. The molecular formula is C19H12N4OS. The van der Waals surface area contributed by atoms with Crippen LogP contribution in [0.3, 0.4) is 0 Å². The summed E-state index contributed by atoms with van der Waals surface area (Å²) in [6.45, 7) is 0. The van der Waals surface area contributed by atoms with Crippen molar-refractivity contribution < 1.29 is 4.79 Å². The van der Waals surface area contributed by atoms with Crippen LogP contribution >= 0.6 is 11.3 Å². The molecule has 1 unspecified atom stereocenters. The normalized spacial score (nSPS) is 12.0. The lowest BCUT2D eigenvalue weighted by Gasteiger charge is -2.02. The number of benzene rings is 1. The quantitative estimate of drug-likeness (QED) is 0.526. The number of carbonyl (C=O) groups excluding carboxylic acids is 1. The molecule has 0 N–H and O–H groups in total. The smallest absolute Gasteiger partial charge is 0.206 e. The summed E-state index contributed by atoms with van der Waals surface area (Å²) in [4.78, 5) is 21.6. The highest BCUT2D eigenvalue weighted by Gasteiger charge is 2.27. The number of aromatic nitrogens is 3. The fraction of sp³-hybridized carbons (Fsp3) is 0.0526. The molecule has 6 heteroatoms. The third-order valence-electron chi connectivity index (χ3n) is 3.85. The minimum absolute atomic E-state index is 0.272. The van der Waals surface area contributed by atoms with Crippen molar-refractivity contribution in [2.75, 3.05) is 0 Å². The van der Waals surface area contributed by atoms with Crippen molar-refractivity contribution in [3.05, 3.63) is 77.0 Å². The number of hydrogen-bond donors (Lipinski definition) is 0. The second-order valence-corrected chi connectivity index (χ2v) is 6.35. The van der Waals surface area contributed by atoms with Crippen molar-refractivity contribution in [1.82, 2.24) is 14.4 Å². The minimum Gasteiger partial charge on any atom is -0.306 e. The van der Waals surface area contributed by atoms with Crippen LogP contribution in [0, 0.1) is 11.3 Å². The Bertz CT molecular complexity index is 1060. The van der Waals surface area contributed by atoms with E-state index in [4.69, 9.17) is 0 Å². The van der Waals surface area contributed by atoms with E-state index in [-0.39, 0.29) is 11.5 Å². The fourth-order valence-corrected chi connectivity index (χ4v) is 3.46. The Morgan fingerprint density at radius 3 is 2.68 bits per heavy atom. The standard InChI is InChI=1S/C19H12N4OS/c20-10-14(18(24)15-11-23-9-5-4-8-17(23)21-15)19-22-16(12-25-19)13-6-2-1-3-7-13/h1-9,11-12,14H. The van der Waals surface area contributed by atoms with Gasteiger partial charge in [0.1, 0.15) is 16.3 Å². The zero-order valence-corrected chi connectivity index (χ0v) is 13.9. The molecule has 1 aromatic carbocycles. The molecule has 120 valence electrons. The average molecular weight is 344 g/mol. The van der Waals surface area contributed by atoms with E-state index in [2.05, 4.69) is 16.0 Å². The van der Waals surface area contributed by atoms with Crippen molar-refractivity contribution >= 4 is 22.8 Å². The van der Waals surface area contributed by atoms with Crippen molar-refractivity contribution in [3.63, 3.8) is 0 Å². The molecule has 4 rings (SSSR count). The van der Waals surface area contributed by atoms with Crippen LogP contribution in [-0.2, 0) is 0 Å². The van der Waals surface area contributed by atoms with Crippen molar-refractivity contribution in [1.29, 1.82) is 5.26 Å². The predicted octanol–water partition coefficient (Wildman–Crippen LogP) is 3.95. The molecule has 0 aliphatic rings. The predicted molar refractivity (Wildman–Crippen MR) is 95.4 cm³/mol. The Hall–Kier alpha value is -3.30.